The Hall–Kier alpha value is -3.53. The van der Waals surface area contributed by atoms with E-state index < -0.39 is 24.3 Å². The molecule has 0 bridgehead atoms. The van der Waals surface area contributed by atoms with Crippen molar-refractivity contribution in [3.63, 3.8) is 0 Å². The average Bonchev–Trinajstić information content (AvgIpc) is 2.86. The number of carboxylic acid groups (broad SMARTS) is 2. The average molecular weight is 568 g/mol. The van der Waals surface area contributed by atoms with Gasteiger partial charge in [-0.3, -0.25) is 4.98 Å². The molecule has 2 fully saturated rings. The van der Waals surface area contributed by atoms with Crippen LogP contribution in [0.15, 0.2) is 43.0 Å². The first-order valence-corrected chi connectivity index (χ1v) is 11.4. The molecular formula is C23H26F6N4O6. The van der Waals surface area contributed by atoms with Crippen molar-refractivity contribution in [1.82, 2.24) is 15.0 Å². The van der Waals surface area contributed by atoms with E-state index in [2.05, 4.69) is 19.9 Å². The van der Waals surface area contributed by atoms with E-state index in [-0.39, 0.29) is 5.60 Å². The van der Waals surface area contributed by atoms with Gasteiger partial charge in [-0.25, -0.2) is 19.6 Å². The topological polar surface area (TPSA) is 135 Å². The molecular weight excluding hydrogens is 542 g/mol. The zero-order chi connectivity index (χ0) is 29.1. The van der Waals surface area contributed by atoms with E-state index in [0.717, 1.165) is 51.5 Å². The van der Waals surface area contributed by atoms with Crippen LogP contribution in [0, 0.1) is 5.92 Å². The molecule has 2 aromatic rings. The van der Waals surface area contributed by atoms with E-state index in [1.54, 1.807) is 24.8 Å². The summed E-state index contributed by atoms with van der Waals surface area (Å²) in [5.74, 6) is -4.04. The van der Waals surface area contributed by atoms with Crippen LogP contribution >= 0.6 is 0 Å². The van der Waals surface area contributed by atoms with Crippen LogP contribution in [0.5, 0.6) is 0 Å². The summed E-state index contributed by atoms with van der Waals surface area (Å²) in [6.07, 6.45) is 0.352. The molecule has 0 amide bonds. The lowest BCUT2D eigenvalue weighted by molar-refractivity contribution is -0.193. The lowest BCUT2D eigenvalue weighted by atomic mass is 9.79. The van der Waals surface area contributed by atoms with Crippen LogP contribution in [0.1, 0.15) is 24.8 Å². The minimum absolute atomic E-state index is 0.00673. The van der Waals surface area contributed by atoms with Gasteiger partial charge < -0.3 is 24.6 Å². The van der Waals surface area contributed by atoms with Gasteiger partial charge in [0.05, 0.1) is 19.7 Å². The molecule has 2 N–H and O–H groups in total. The minimum Gasteiger partial charge on any atom is -0.475 e. The number of alkyl halides is 6. The van der Waals surface area contributed by atoms with Gasteiger partial charge in [0.1, 0.15) is 5.60 Å². The van der Waals surface area contributed by atoms with E-state index in [4.69, 9.17) is 29.3 Å². The Labute approximate surface area is 218 Å². The summed E-state index contributed by atoms with van der Waals surface area (Å²) in [5.41, 5.74) is 1.17. The highest BCUT2D eigenvalue weighted by molar-refractivity contribution is 5.73. The Bertz CT molecular complexity index is 1010. The van der Waals surface area contributed by atoms with E-state index >= 15 is 0 Å². The molecule has 39 heavy (non-hydrogen) atoms. The molecule has 2 aliphatic rings. The molecule has 0 radical (unpaired) electrons. The van der Waals surface area contributed by atoms with Gasteiger partial charge in [0.25, 0.3) is 0 Å². The van der Waals surface area contributed by atoms with Crippen molar-refractivity contribution in [3.8, 4) is 0 Å². The maximum absolute atomic E-state index is 10.6. The Morgan fingerprint density at radius 3 is 2.05 bits per heavy atom. The zero-order valence-electron chi connectivity index (χ0n) is 20.4. The molecule has 4 rings (SSSR count). The number of rotatable bonds is 6. The Kier molecular flexibility index (Phi) is 11.4. The fourth-order valence-corrected chi connectivity index (χ4v) is 3.76. The van der Waals surface area contributed by atoms with Crippen molar-refractivity contribution < 1.29 is 55.6 Å². The number of anilines is 1. The van der Waals surface area contributed by atoms with Crippen LogP contribution in [0.25, 0.3) is 0 Å². The van der Waals surface area contributed by atoms with Crippen molar-refractivity contribution in [2.75, 3.05) is 31.2 Å². The van der Waals surface area contributed by atoms with Crippen molar-refractivity contribution in [2.45, 2.75) is 43.8 Å². The largest absolute Gasteiger partial charge is 0.490 e. The van der Waals surface area contributed by atoms with E-state index in [9.17, 15) is 26.3 Å². The molecule has 16 heteroatoms. The summed E-state index contributed by atoms with van der Waals surface area (Å²) in [7, 11) is 0. The van der Waals surface area contributed by atoms with Gasteiger partial charge in [-0.1, -0.05) is 0 Å². The molecule has 2 aromatic heterocycles. The van der Waals surface area contributed by atoms with E-state index in [1.807, 2.05) is 18.2 Å². The molecule has 0 saturated carbocycles. The third-order valence-electron chi connectivity index (χ3n) is 5.56. The number of hydrogen-bond donors (Lipinski definition) is 2. The van der Waals surface area contributed by atoms with Gasteiger partial charge >= 0.3 is 24.3 Å². The van der Waals surface area contributed by atoms with Crippen LogP contribution < -0.4 is 4.90 Å². The summed E-state index contributed by atoms with van der Waals surface area (Å²) in [6.45, 7) is 4.10. The van der Waals surface area contributed by atoms with Crippen molar-refractivity contribution in [2.24, 2.45) is 5.92 Å². The van der Waals surface area contributed by atoms with Crippen molar-refractivity contribution >= 4 is 17.9 Å². The number of carbonyl (C=O) groups is 2. The highest BCUT2D eigenvalue weighted by Crippen LogP contribution is 2.39. The smallest absolute Gasteiger partial charge is 0.475 e. The quantitative estimate of drug-likeness (QED) is 0.392. The van der Waals surface area contributed by atoms with Crippen LogP contribution in [-0.2, 0) is 25.7 Å². The predicted molar refractivity (Wildman–Crippen MR) is 122 cm³/mol. The zero-order valence-corrected chi connectivity index (χ0v) is 20.4. The highest BCUT2D eigenvalue weighted by atomic mass is 19.4. The first-order valence-electron chi connectivity index (χ1n) is 11.4. The van der Waals surface area contributed by atoms with Gasteiger partial charge in [-0.2, -0.15) is 26.3 Å². The third kappa shape index (κ3) is 11.0. The first-order chi connectivity index (χ1) is 18.2. The summed E-state index contributed by atoms with van der Waals surface area (Å²) in [5, 5.41) is 14.2. The fraction of sp³-hybridized carbons (Fsp3) is 0.522. The lowest BCUT2D eigenvalue weighted by Gasteiger charge is -2.53. The second-order valence-electron chi connectivity index (χ2n) is 8.60. The van der Waals surface area contributed by atoms with Gasteiger partial charge in [-0.15, -0.1) is 0 Å². The van der Waals surface area contributed by atoms with E-state index in [0.29, 0.717) is 12.5 Å². The summed E-state index contributed by atoms with van der Waals surface area (Å²) in [4.78, 5) is 32.7. The third-order valence-corrected chi connectivity index (χ3v) is 5.56. The molecule has 1 spiro atoms. The minimum atomic E-state index is -5.08. The monoisotopic (exact) mass is 568 g/mol. The maximum atomic E-state index is 10.6. The Morgan fingerprint density at radius 1 is 1.00 bits per heavy atom. The molecule has 1 unspecified atom stereocenters. The van der Waals surface area contributed by atoms with Crippen LogP contribution in [0.2, 0.25) is 0 Å². The number of carboxylic acids is 2. The summed E-state index contributed by atoms with van der Waals surface area (Å²) < 4.78 is 75.4. The molecule has 216 valence electrons. The number of ether oxygens (including phenoxy) is 2. The standard InChI is InChI=1S/C19H24N4O2.2C2HF3O2/c1-6-21-18(22-7-1)23-14-19(15-23)12-16(5-11-25-19)4-10-24-13-17-2-8-20-9-3-17;2*3-2(4,5)1(6)7/h1-3,6-9,16H,4-5,10-15H2;2*(H,6,7). The van der Waals surface area contributed by atoms with E-state index in [1.165, 1.54) is 5.56 Å². The van der Waals surface area contributed by atoms with Crippen LogP contribution in [-0.4, -0.2) is 81.4 Å². The molecule has 0 aromatic carbocycles. The number of aromatic nitrogens is 3. The van der Waals surface area contributed by atoms with Gasteiger partial charge in [0.2, 0.25) is 5.95 Å². The SMILES string of the molecule is O=C(O)C(F)(F)F.O=C(O)C(F)(F)F.c1cnc(N2CC3(CC(CCOCc4ccncc4)CCO3)C2)nc1. The Balaban J connectivity index is 0.000000317. The van der Waals surface area contributed by atoms with Crippen molar-refractivity contribution in [3.05, 3.63) is 48.5 Å². The molecule has 1 atom stereocenters. The van der Waals surface area contributed by atoms with Crippen LogP contribution in [0.4, 0.5) is 32.3 Å². The maximum Gasteiger partial charge on any atom is 0.490 e. The molecule has 0 aliphatic carbocycles. The molecule has 2 saturated heterocycles. The van der Waals surface area contributed by atoms with Gasteiger partial charge in [0.15, 0.2) is 0 Å². The number of hydrogen-bond acceptors (Lipinski definition) is 8. The molecule has 2 aliphatic heterocycles. The number of pyridine rings is 1. The second kappa shape index (κ2) is 14.0. The lowest BCUT2D eigenvalue weighted by Crippen LogP contribution is -2.65. The Morgan fingerprint density at radius 2 is 1.54 bits per heavy atom. The number of halogens is 6. The summed E-state index contributed by atoms with van der Waals surface area (Å²) in [6, 6.07) is 5.84. The molecule has 10 nitrogen and oxygen atoms in total. The van der Waals surface area contributed by atoms with Gasteiger partial charge in [-0.05, 0) is 48.9 Å². The predicted octanol–water partition coefficient (Wildman–Crippen LogP) is 3.73. The summed E-state index contributed by atoms with van der Waals surface area (Å²) >= 11 is 0. The van der Waals surface area contributed by atoms with Crippen LogP contribution in [0.3, 0.4) is 0 Å². The fourth-order valence-electron chi connectivity index (χ4n) is 3.76. The van der Waals surface area contributed by atoms with Crippen molar-refractivity contribution in [1.29, 1.82) is 0 Å². The first kappa shape index (κ1) is 31.7. The number of nitrogens with zero attached hydrogens (tertiary/aromatic N) is 4. The normalized spacial score (nSPS) is 18.1. The van der Waals surface area contributed by atoms with Gasteiger partial charge in [0, 0.05) is 38.0 Å². The molecule has 4 heterocycles. The number of aliphatic carboxylic acids is 2. The highest BCUT2D eigenvalue weighted by Gasteiger charge is 2.48. The second-order valence-corrected chi connectivity index (χ2v) is 8.60.